The third-order valence-corrected chi connectivity index (χ3v) is 3.50. The Labute approximate surface area is 125 Å². The van der Waals surface area contributed by atoms with E-state index >= 15 is 0 Å². The summed E-state index contributed by atoms with van der Waals surface area (Å²) in [6.45, 7) is 6.29. The molecule has 2 aromatic rings. The van der Waals surface area contributed by atoms with Gasteiger partial charge in [0.2, 0.25) is 0 Å². The lowest BCUT2D eigenvalue weighted by Crippen LogP contribution is -2.09. The second-order valence-corrected chi connectivity index (χ2v) is 5.19. The van der Waals surface area contributed by atoms with Crippen LogP contribution in [-0.4, -0.2) is 9.97 Å². The molecule has 3 nitrogen and oxygen atoms in total. The van der Waals surface area contributed by atoms with Gasteiger partial charge in [-0.3, -0.25) is 0 Å². The normalized spacial score (nSPS) is 12.2. The zero-order valence-corrected chi connectivity index (χ0v) is 12.9. The van der Waals surface area contributed by atoms with Crippen molar-refractivity contribution in [2.75, 3.05) is 5.32 Å². The molecule has 0 saturated heterocycles. The minimum absolute atomic E-state index is 0.177. The summed E-state index contributed by atoms with van der Waals surface area (Å²) in [5.74, 6) is 1.53. The molecule has 0 aliphatic heterocycles. The Kier molecular flexibility index (Phi) is 4.96. The lowest BCUT2D eigenvalue weighted by atomic mass is 10.1. The first kappa shape index (κ1) is 14.8. The first-order valence-electron chi connectivity index (χ1n) is 7.01. The number of nitrogens with one attached hydrogen (secondary N) is 1. The van der Waals surface area contributed by atoms with Gasteiger partial charge in [-0.25, -0.2) is 9.97 Å². The Morgan fingerprint density at radius 1 is 1.10 bits per heavy atom. The van der Waals surface area contributed by atoms with E-state index in [-0.39, 0.29) is 6.04 Å². The van der Waals surface area contributed by atoms with Gasteiger partial charge in [0.05, 0.1) is 0 Å². The van der Waals surface area contributed by atoms with Gasteiger partial charge in [-0.05, 0) is 24.5 Å². The first-order valence-corrected chi connectivity index (χ1v) is 7.39. The predicted molar refractivity (Wildman–Crippen MR) is 84.3 cm³/mol. The molecule has 1 aromatic carbocycles. The van der Waals surface area contributed by atoms with Crippen LogP contribution in [0.25, 0.3) is 0 Å². The molecule has 0 amide bonds. The highest BCUT2D eigenvalue weighted by atomic mass is 35.5. The molecule has 1 atom stereocenters. The van der Waals surface area contributed by atoms with Crippen molar-refractivity contribution < 1.29 is 0 Å². The van der Waals surface area contributed by atoms with Gasteiger partial charge in [0.1, 0.15) is 16.8 Å². The quantitative estimate of drug-likeness (QED) is 0.828. The fourth-order valence-corrected chi connectivity index (χ4v) is 2.24. The molecule has 20 heavy (non-hydrogen) atoms. The van der Waals surface area contributed by atoms with Gasteiger partial charge in [-0.2, -0.15) is 0 Å². The fraction of sp³-hybridized carbons (Fsp3) is 0.375. The van der Waals surface area contributed by atoms with Gasteiger partial charge in [-0.15, -0.1) is 0 Å². The third kappa shape index (κ3) is 3.70. The molecular formula is C16H20ClN3. The molecule has 1 N–H and O–H groups in total. The van der Waals surface area contributed by atoms with Gasteiger partial charge < -0.3 is 5.32 Å². The van der Waals surface area contributed by atoms with E-state index in [0.717, 1.165) is 24.5 Å². The van der Waals surface area contributed by atoms with Crippen molar-refractivity contribution in [2.45, 2.75) is 39.7 Å². The maximum Gasteiger partial charge on any atom is 0.134 e. The van der Waals surface area contributed by atoms with Gasteiger partial charge in [0.25, 0.3) is 0 Å². The van der Waals surface area contributed by atoms with E-state index < -0.39 is 0 Å². The topological polar surface area (TPSA) is 37.8 Å². The molecule has 1 aromatic heterocycles. The first-order chi connectivity index (χ1) is 9.62. The summed E-state index contributed by atoms with van der Waals surface area (Å²) in [7, 11) is 0. The van der Waals surface area contributed by atoms with Crippen molar-refractivity contribution >= 4 is 17.4 Å². The van der Waals surface area contributed by atoms with Crippen LogP contribution in [0.1, 0.15) is 43.8 Å². The van der Waals surface area contributed by atoms with E-state index in [9.17, 15) is 0 Å². The van der Waals surface area contributed by atoms with Crippen LogP contribution in [0.2, 0.25) is 5.15 Å². The minimum Gasteiger partial charge on any atom is -0.363 e. The largest absolute Gasteiger partial charge is 0.363 e. The van der Waals surface area contributed by atoms with Crippen LogP contribution in [0.15, 0.2) is 30.3 Å². The van der Waals surface area contributed by atoms with E-state index in [2.05, 4.69) is 53.4 Å². The summed E-state index contributed by atoms with van der Waals surface area (Å²) in [6, 6.07) is 10.6. The second kappa shape index (κ2) is 6.71. The van der Waals surface area contributed by atoms with E-state index in [1.54, 1.807) is 6.07 Å². The number of rotatable bonds is 5. The number of aryl methyl sites for hydroxylation is 2. The van der Waals surface area contributed by atoms with Crippen molar-refractivity contribution in [3.05, 3.63) is 52.4 Å². The lowest BCUT2D eigenvalue weighted by Gasteiger charge is -2.16. The fourth-order valence-electron chi connectivity index (χ4n) is 2.04. The molecule has 4 heteroatoms. The van der Waals surface area contributed by atoms with Crippen LogP contribution in [0.4, 0.5) is 5.82 Å². The third-order valence-electron chi connectivity index (χ3n) is 3.31. The summed E-state index contributed by atoms with van der Waals surface area (Å²) < 4.78 is 0. The van der Waals surface area contributed by atoms with Crippen LogP contribution in [0, 0.1) is 0 Å². The molecule has 0 fully saturated rings. The van der Waals surface area contributed by atoms with Crippen molar-refractivity contribution in [2.24, 2.45) is 0 Å². The molecular weight excluding hydrogens is 270 g/mol. The second-order valence-electron chi connectivity index (χ2n) is 4.81. The van der Waals surface area contributed by atoms with Crippen molar-refractivity contribution in [3.63, 3.8) is 0 Å². The van der Waals surface area contributed by atoms with Crippen molar-refractivity contribution in [1.29, 1.82) is 0 Å². The van der Waals surface area contributed by atoms with E-state index in [0.29, 0.717) is 5.15 Å². The predicted octanol–water partition coefficient (Wildman–Crippen LogP) is 4.43. The number of aromatic nitrogens is 2. The van der Waals surface area contributed by atoms with E-state index in [1.165, 1.54) is 11.1 Å². The maximum atomic E-state index is 6.01. The Hall–Kier alpha value is -1.61. The number of benzene rings is 1. The number of hydrogen-bond donors (Lipinski definition) is 1. The zero-order chi connectivity index (χ0) is 14.5. The molecule has 1 heterocycles. The van der Waals surface area contributed by atoms with Gasteiger partial charge in [0, 0.05) is 18.5 Å². The van der Waals surface area contributed by atoms with E-state index in [4.69, 9.17) is 11.6 Å². The highest BCUT2D eigenvalue weighted by molar-refractivity contribution is 6.29. The Balaban J connectivity index is 2.13. The van der Waals surface area contributed by atoms with Gasteiger partial charge >= 0.3 is 0 Å². The number of anilines is 1. The molecule has 0 saturated carbocycles. The van der Waals surface area contributed by atoms with Crippen LogP contribution in [0.3, 0.4) is 0 Å². The standard InChI is InChI=1S/C16H20ClN3/c1-4-12-6-8-13(9-7-12)11(3)18-16-10-14(17)19-15(5-2)20-16/h6-11H,4-5H2,1-3H3,(H,18,19,20). The summed E-state index contributed by atoms with van der Waals surface area (Å²) >= 11 is 6.01. The number of halogens is 1. The van der Waals surface area contributed by atoms with Gasteiger partial charge in [0.15, 0.2) is 0 Å². The zero-order valence-electron chi connectivity index (χ0n) is 12.2. The smallest absolute Gasteiger partial charge is 0.134 e. The molecule has 0 radical (unpaired) electrons. The molecule has 0 bridgehead atoms. The van der Waals surface area contributed by atoms with Crippen LogP contribution in [-0.2, 0) is 12.8 Å². The monoisotopic (exact) mass is 289 g/mol. The van der Waals surface area contributed by atoms with Crippen LogP contribution in [0.5, 0.6) is 0 Å². The molecule has 2 rings (SSSR count). The Bertz CT molecular complexity index is 566. The highest BCUT2D eigenvalue weighted by Crippen LogP contribution is 2.20. The summed E-state index contributed by atoms with van der Waals surface area (Å²) in [5.41, 5.74) is 2.58. The molecule has 106 valence electrons. The maximum absolute atomic E-state index is 6.01. The van der Waals surface area contributed by atoms with Crippen molar-refractivity contribution in [3.8, 4) is 0 Å². The van der Waals surface area contributed by atoms with Crippen LogP contribution >= 0.6 is 11.6 Å². The Morgan fingerprint density at radius 3 is 2.40 bits per heavy atom. The molecule has 0 spiro atoms. The van der Waals surface area contributed by atoms with Crippen molar-refractivity contribution in [1.82, 2.24) is 9.97 Å². The lowest BCUT2D eigenvalue weighted by molar-refractivity contribution is 0.856. The molecule has 0 aliphatic rings. The average Bonchev–Trinajstić information content (AvgIpc) is 2.46. The molecule has 0 aliphatic carbocycles. The molecule has 1 unspecified atom stereocenters. The minimum atomic E-state index is 0.177. The SMILES string of the molecule is CCc1ccc(C(C)Nc2cc(Cl)nc(CC)n2)cc1. The highest BCUT2D eigenvalue weighted by Gasteiger charge is 2.08. The number of nitrogens with zero attached hydrogens (tertiary/aromatic N) is 2. The summed E-state index contributed by atoms with van der Waals surface area (Å²) in [5, 5.41) is 3.86. The van der Waals surface area contributed by atoms with Gasteiger partial charge in [-0.1, -0.05) is 49.7 Å². The average molecular weight is 290 g/mol. The summed E-state index contributed by atoms with van der Waals surface area (Å²) in [6.07, 6.45) is 1.83. The summed E-state index contributed by atoms with van der Waals surface area (Å²) in [4.78, 5) is 8.61. The number of hydrogen-bond acceptors (Lipinski definition) is 3. The van der Waals surface area contributed by atoms with Crippen LogP contribution < -0.4 is 5.32 Å². The van der Waals surface area contributed by atoms with E-state index in [1.807, 2.05) is 6.92 Å². The Morgan fingerprint density at radius 2 is 1.80 bits per heavy atom.